The van der Waals surface area contributed by atoms with Gasteiger partial charge in [-0.3, -0.25) is 0 Å². The molecule has 0 saturated heterocycles. The van der Waals surface area contributed by atoms with Crippen LogP contribution in [0.5, 0.6) is 0 Å². The average Bonchev–Trinajstić information content (AvgIpc) is 1.87. The summed E-state index contributed by atoms with van der Waals surface area (Å²) in [6.07, 6.45) is 3.38. The minimum atomic E-state index is 0.316. The van der Waals surface area contributed by atoms with E-state index in [-0.39, 0.29) is 0 Å². The molecule has 1 atom stereocenters. The normalized spacial score (nSPS) is 13.1. The van der Waals surface area contributed by atoms with E-state index in [1.54, 1.807) is 0 Å². The van der Waals surface area contributed by atoms with Crippen LogP contribution in [0.25, 0.3) is 0 Å². The molecule has 60 valence electrons. The second-order valence-corrected chi connectivity index (χ2v) is 3.14. The van der Waals surface area contributed by atoms with E-state index < -0.39 is 0 Å². The number of aliphatic hydroxyl groups excluding tert-OH is 1. The fourth-order valence-electron chi connectivity index (χ4n) is 0.844. The second-order valence-electron chi connectivity index (χ2n) is 3.14. The SMILES string of the molecule is C=C(C)CCCC(C)CO. The standard InChI is InChI=1S/C9H18O/c1-8(2)5-4-6-9(3)7-10/h9-10H,1,4-7H2,2-3H3. The third kappa shape index (κ3) is 5.83. The summed E-state index contributed by atoms with van der Waals surface area (Å²) >= 11 is 0. The highest BCUT2D eigenvalue weighted by Gasteiger charge is 1.98. The number of rotatable bonds is 5. The Morgan fingerprint density at radius 1 is 1.60 bits per heavy atom. The molecule has 0 spiro atoms. The van der Waals surface area contributed by atoms with Gasteiger partial charge < -0.3 is 5.11 Å². The molecule has 1 N–H and O–H groups in total. The van der Waals surface area contributed by atoms with Crippen LogP contribution in [0, 0.1) is 5.92 Å². The number of allylic oxidation sites excluding steroid dienone is 1. The molecule has 0 aliphatic carbocycles. The Hall–Kier alpha value is -0.300. The lowest BCUT2D eigenvalue weighted by atomic mass is 10.0. The molecule has 10 heavy (non-hydrogen) atoms. The van der Waals surface area contributed by atoms with Crippen LogP contribution >= 0.6 is 0 Å². The lowest BCUT2D eigenvalue weighted by molar-refractivity contribution is 0.228. The van der Waals surface area contributed by atoms with Gasteiger partial charge in [0.15, 0.2) is 0 Å². The monoisotopic (exact) mass is 142 g/mol. The molecule has 1 unspecified atom stereocenters. The van der Waals surface area contributed by atoms with Gasteiger partial charge in [0.1, 0.15) is 0 Å². The highest BCUT2D eigenvalue weighted by atomic mass is 16.3. The molecule has 0 heterocycles. The van der Waals surface area contributed by atoms with E-state index >= 15 is 0 Å². The molecular weight excluding hydrogens is 124 g/mol. The fourth-order valence-corrected chi connectivity index (χ4v) is 0.844. The first kappa shape index (κ1) is 9.70. The van der Waals surface area contributed by atoms with E-state index in [0.29, 0.717) is 12.5 Å². The molecule has 0 aromatic carbocycles. The van der Waals surface area contributed by atoms with Crippen LogP contribution in [-0.2, 0) is 0 Å². The van der Waals surface area contributed by atoms with Crippen molar-refractivity contribution in [3.05, 3.63) is 12.2 Å². The van der Waals surface area contributed by atoms with Gasteiger partial charge in [-0.1, -0.05) is 12.5 Å². The van der Waals surface area contributed by atoms with E-state index in [1.807, 2.05) is 6.92 Å². The van der Waals surface area contributed by atoms with E-state index in [0.717, 1.165) is 19.3 Å². The Morgan fingerprint density at radius 3 is 2.60 bits per heavy atom. The summed E-state index contributed by atoms with van der Waals surface area (Å²) in [6.45, 7) is 8.24. The van der Waals surface area contributed by atoms with Gasteiger partial charge in [-0.2, -0.15) is 0 Å². The smallest absolute Gasteiger partial charge is 0.0456 e. The molecule has 0 aliphatic rings. The Balaban J connectivity index is 3.11. The van der Waals surface area contributed by atoms with Crippen molar-refractivity contribution in [1.29, 1.82) is 0 Å². The molecule has 0 rings (SSSR count). The van der Waals surface area contributed by atoms with Crippen LogP contribution < -0.4 is 0 Å². The van der Waals surface area contributed by atoms with Crippen molar-refractivity contribution in [2.75, 3.05) is 6.61 Å². The predicted molar refractivity (Wildman–Crippen MR) is 44.9 cm³/mol. The summed E-state index contributed by atoms with van der Waals surface area (Å²) in [6, 6.07) is 0. The molecule has 1 heteroatoms. The summed E-state index contributed by atoms with van der Waals surface area (Å²) in [5.41, 5.74) is 1.24. The molecule has 1 nitrogen and oxygen atoms in total. The van der Waals surface area contributed by atoms with E-state index in [9.17, 15) is 0 Å². The fraction of sp³-hybridized carbons (Fsp3) is 0.778. The van der Waals surface area contributed by atoms with Crippen LogP contribution in [0.15, 0.2) is 12.2 Å². The van der Waals surface area contributed by atoms with E-state index in [1.165, 1.54) is 5.57 Å². The van der Waals surface area contributed by atoms with Gasteiger partial charge in [0.25, 0.3) is 0 Å². The molecule has 0 amide bonds. The first-order chi connectivity index (χ1) is 4.66. The molecule has 0 radical (unpaired) electrons. The highest BCUT2D eigenvalue weighted by Crippen LogP contribution is 2.09. The zero-order valence-corrected chi connectivity index (χ0v) is 7.06. The van der Waals surface area contributed by atoms with Gasteiger partial charge >= 0.3 is 0 Å². The minimum Gasteiger partial charge on any atom is -0.396 e. The topological polar surface area (TPSA) is 20.2 Å². The van der Waals surface area contributed by atoms with Crippen LogP contribution in [0.4, 0.5) is 0 Å². The predicted octanol–water partition coefficient (Wildman–Crippen LogP) is 2.36. The van der Waals surface area contributed by atoms with Crippen LogP contribution in [0.2, 0.25) is 0 Å². The molecular formula is C9H18O. The molecule has 0 aromatic rings. The zero-order valence-electron chi connectivity index (χ0n) is 7.06. The highest BCUT2D eigenvalue weighted by molar-refractivity contribution is 4.87. The summed E-state index contributed by atoms with van der Waals surface area (Å²) in [7, 11) is 0. The van der Waals surface area contributed by atoms with E-state index in [2.05, 4.69) is 13.5 Å². The van der Waals surface area contributed by atoms with Gasteiger partial charge in [0.05, 0.1) is 0 Å². The van der Waals surface area contributed by atoms with Gasteiger partial charge in [-0.05, 0) is 32.1 Å². The van der Waals surface area contributed by atoms with Gasteiger partial charge in [0, 0.05) is 6.61 Å². The second kappa shape index (κ2) is 5.48. The van der Waals surface area contributed by atoms with Crippen molar-refractivity contribution < 1.29 is 5.11 Å². The number of hydrogen-bond donors (Lipinski definition) is 1. The maximum Gasteiger partial charge on any atom is 0.0456 e. The Labute approximate surface area is 63.8 Å². The van der Waals surface area contributed by atoms with E-state index in [4.69, 9.17) is 5.11 Å². The molecule has 0 aliphatic heterocycles. The van der Waals surface area contributed by atoms with Crippen molar-refractivity contribution >= 4 is 0 Å². The van der Waals surface area contributed by atoms with Crippen LogP contribution in [0.3, 0.4) is 0 Å². The Bertz CT molecular complexity index is 96.9. The minimum absolute atomic E-state index is 0.316. The summed E-state index contributed by atoms with van der Waals surface area (Å²) in [4.78, 5) is 0. The van der Waals surface area contributed by atoms with Crippen LogP contribution in [-0.4, -0.2) is 11.7 Å². The quantitative estimate of drug-likeness (QED) is 0.584. The van der Waals surface area contributed by atoms with Gasteiger partial charge in [0.2, 0.25) is 0 Å². The Morgan fingerprint density at radius 2 is 2.20 bits per heavy atom. The molecule has 0 aromatic heterocycles. The number of hydrogen-bond acceptors (Lipinski definition) is 1. The maximum atomic E-state index is 8.68. The molecule has 0 bridgehead atoms. The van der Waals surface area contributed by atoms with Crippen molar-refractivity contribution in [1.82, 2.24) is 0 Å². The Kier molecular flexibility index (Phi) is 5.32. The van der Waals surface area contributed by atoms with Crippen molar-refractivity contribution in [2.24, 2.45) is 5.92 Å². The average molecular weight is 142 g/mol. The third-order valence-corrected chi connectivity index (χ3v) is 1.61. The molecule has 0 saturated carbocycles. The van der Waals surface area contributed by atoms with Gasteiger partial charge in [-0.25, -0.2) is 0 Å². The van der Waals surface area contributed by atoms with Crippen LogP contribution in [0.1, 0.15) is 33.1 Å². The lowest BCUT2D eigenvalue weighted by Crippen LogP contribution is -1.99. The van der Waals surface area contributed by atoms with Crippen molar-refractivity contribution in [2.45, 2.75) is 33.1 Å². The maximum absolute atomic E-state index is 8.68. The summed E-state index contributed by atoms with van der Waals surface area (Å²) in [5, 5.41) is 8.68. The first-order valence-electron chi connectivity index (χ1n) is 3.92. The third-order valence-electron chi connectivity index (χ3n) is 1.61. The largest absolute Gasteiger partial charge is 0.396 e. The molecule has 0 fully saturated rings. The zero-order chi connectivity index (χ0) is 7.98. The summed E-state index contributed by atoms with van der Waals surface area (Å²) < 4.78 is 0. The van der Waals surface area contributed by atoms with Gasteiger partial charge in [-0.15, -0.1) is 6.58 Å². The number of aliphatic hydroxyl groups is 1. The lowest BCUT2D eigenvalue weighted by Gasteiger charge is -2.05. The summed E-state index contributed by atoms with van der Waals surface area (Å²) in [5.74, 6) is 0.458. The first-order valence-corrected chi connectivity index (χ1v) is 3.92. The van der Waals surface area contributed by atoms with Crippen molar-refractivity contribution in [3.63, 3.8) is 0 Å². The van der Waals surface area contributed by atoms with Crippen molar-refractivity contribution in [3.8, 4) is 0 Å².